The molecule has 7 nitrogen and oxygen atoms in total. The summed E-state index contributed by atoms with van der Waals surface area (Å²) < 4.78 is 3.80. The first-order valence-electron chi connectivity index (χ1n) is 9.89. The van der Waals surface area contributed by atoms with E-state index in [-0.39, 0.29) is 5.56 Å². The minimum Gasteiger partial charge on any atom is -0.360 e. The maximum Gasteiger partial charge on any atom is 0.258 e. The molecule has 1 aliphatic rings. The van der Waals surface area contributed by atoms with Gasteiger partial charge in [0.25, 0.3) is 5.56 Å². The van der Waals surface area contributed by atoms with Crippen molar-refractivity contribution >= 4 is 28.3 Å². The number of nitrogens with zero attached hydrogens (tertiary/aromatic N) is 5. The van der Waals surface area contributed by atoms with Gasteiger partial charge in [-0.1, -0.05) is 36.0 Å². The number of aromatic amines is 1. The van der Waals surface area contributed by atoms with Crippen LogP contribution in [0.1, 0.15) is 24.6 Å². The van der Waals surface area contributed by atoms with Crippen LogP contribution in [0.4, 0.5) is 0 Å². The molecular weight excluding hydrogens is 396 g/mol. The van der Waals surface area contributed by atoms with Crippen LogP contribution in [0, 0.1) is 0 Å². The molecule has 0 aliphatic heterocycles. The predicted octanol–water partition coefficient (Wildman–Crippen LogP) is 4.06. The molecule has 1 aliphatic carbocycles. The lowest BCUT2D eigenvalue weighted by molar-refractivity contribution is 0.669. The molecule has 0 atom stereocenters. The molecule has 6 rings (SSSR count). The average Bonchev–Trinajstić information content (AvgIpc) is 3.38. The molecule has 1 saturated carbocycles. The number of thioether (sulfide) groups is 1. The van der Waals surface area contributed by atoms with Gasteiger partial charge in [0.05, 0.1) is 5.69 Å². The lowest BCUT2D eigenvalue weighted by atomic mass is 10.1. The van der Waals surface area contributed by atoms with E-state index in [1.165, 1.54) is 0 Å². The molecule has 1 N–H and O–H groups in total. The topological polar surface area (TPSA) is 80.9 Å². The van der Waals surface area contributed by atoms with E-state index >= 15 is 0 Å². The van der Waals surface area contributed by atoms with Crippen LogP contribution in [0.15, 0.2) is 70.9 Å². The van der Waals surface area contributed by atoms with Crippen LogP contribution >= 0.6 is 11.8 Å². The maximum absolute atomic E-state index is 12.4. The number of rotatable bonds is 5. The van der Waals surface area contributed by atoms with Gasteiger partial charge in [-0.2, -0.15) is 0 Å². The van der Waals surface area contributed by atoms with Gasteiger partial charge in [0.2, 0.25) is 0 Å². The molecule has 5 aromatic rings. The largest absolute Gasteiger partial charge is 0.360 e. The lowest BCUT2D eigenvalue weighted by Crippen LogP contribution is -2.14. The summed E-state index contributed by atoms with van der Waals surface area (Å²) >= 11 is 1.58. The second-order valence-corrected chi connectivity index (χ2v) is 8.40. The van der Waals surface area contributed by atoms with E-state index in [0.29, 0.717) is 17.4 Å². The number of aromatic nitrogens is 6. The van der Waals surface area contributed by atoms with E-state index in [0.717, 1.165) is 46.0 Å². The quantitative estimate of drug-likeness (QED) is 0.439. The van der Waals surface area contributed by atoms with Crippen molar-refractivity contribution in [2.45, 2.75) is 29.8 Å². The first-order valence-corrected chi connectivity index (χ1v) is 10.9. The summed E-state index contributed by atoms with van der Waals surface area (Å²) in [6, 6.07) is 15.8. The number of pyridine rings is 1. The van der Waals surface area contributed by atoms with E-state index < -0.39 is 0 Å². The van der Waals surface area contributed by atoms with Crippen molar-refractivity contribution in [3.63, 3.8) is 0 Å². The Morgan fingerprint density at radius 1 is 1.10 bits per heavy atom. The van der Waals surface area contributed by atoms with Crippen molar-refractivity contribution in [2.24, 2.45) is 0 Å². The van der Waals surface area contributed by atoms with Crippen LogP contribution in [-0.2, 0) is 5.75 Å². The summed E-state index contributed by atoms with van der Waals surface area (Å²) in [6.45, 7) is 0. The SMILES string of the molecule is O=c1cc(CSc2nnc(-c3c[nH]c4ccccc34)n2C2CC2)nc2ccccn12. The van der Waals surface area contributed by atoms with Gasteiger partial charge in [-0.05, 0) is 31.0 Å². The summed E-state index contributed by atoms with van der Waals surface area (Å²) in [6.07, 6.45) is 6.01. The summed E-state index contributed by atoms with van der Waals surface area (Å²) in [5.74, 6) is 1.46. The van der Waals surface area contributed by atoms with Gasteiger partial charge in [0.1, 0.15) is 5.65 Å². The Hall–Kier alpha value is -3.39. The monoisotopic (exact) mass is 414 g/mol. The predicted molar refractivity (Wildman–Crippen MR) is 117 cm³/mol. The Morgan fingerprint density at radius 3 is 2.87 bits per heavy atom. The van der Waals surface area contributed by atoms with Crippen LogP contribution in [0.5, 0.6) is 0 Å². The third kappa shape index (κ3) is 2.91. The van der Waals surface area contributed by atoms with Gasteiger partial charge < -0.3 is 4.98 Å². The van der Waals surface area contributed by atoms with Gasteiger partial charge in [-0.3, -0.25) is 13.8 Å². The standard InChI is InChI=1S/C22H18N6OS/c29-20-11-14(24-19-7-3-4-10-27(19)20)13-30-22-26-25-21(28(22)15-8-9-15)17-12-23-18-6-2-1-5-16(17)18/h1-7,10-12,15,23H,8-9,13H2. The Labute approximate surface area is 175 Å². The molecule has 0 amide bonds. The summed E-state index contributed by atoms with van der Waals surface area (Å²) in [7, 11) is 0. The average molecular weight is 414 g/mol. The van der Waals surface area contributed by atoms with Crippen LogP contribution in [-0.4, -0.2) is 29.1 Å². The van der Waals surface area contributed by atoms with Crippen LogP contribution in [0.2, 0.25) is 0 Å². The van der Waals surface area contributed by atoms with Crippen molar-refractivity contribution in [3.05, 3.63) is 77.0 Å². The van der Waals surface area contributed by atoms with Crippen molar-refractivity contribution < 1.29 is 0 Å². The van der Waals surface area contributed by atoms with E-state index in [4.69, 9.17) is 0 Å². The molecule has 0 saturated heterocycles. The second-order valence-electron chi connectivity index (χ2n) is 7.46. The molecule has 8 heteroatoms. The smallest absolute Gasteiger partial charge is 0.258 e. The minimum atomic E-state index is -0.0701. The molecule has 0 spiro atoms. The second kappa shape index (κ2) is 6.84. The highest BCUT2D eigenvalue weighted by atomic mass is 32.2. The van der Waals surface area contributed by atoms with Crippen molar-refractivity contribution in [2.75, 3.05) is 0 Å². The zero-order valence-corrected chi connectivity index (χ0v) is 16.8. The Kier molecular flexibility index (Phi) is 3.98. The first kappa shape index (κ1) is 17.5. The number of hydrogen-bond acceptors (Lipinski definition) is 5. The molecule has 0 unspecified atom stereocenters. The highest BCUT2D eigenvalue weighted by Gasteiger charge is 2.31. The first-order chi connectivity index (χ1) is 14.8. The van der Waals surface area contributed by atoms with Gasteiger partial charge in [0, 0.05) is 46.7 Å². The van der Waals surface area contributed by atoms with E-state index in [2.05, 4.69) is 36.9 Å². The normalized spacial score (nSPS) is 14.0. The highest BCUT2D eigenvalue weighted by Crippen LogP contribution is 2.42. The molecular formula is C22H18N6OS. The molecule has 0 bridgehead atoms. The Bertz CT molecular complexity index is 1450. The zero-order valence-electron chi connectivity index (χ0n) is 16.0. The fourth-order valence-corrected chi connectivity index (χ4v) is 4.69. The third-order valence-electron chi connectivity index (χ3n) is 5.38. The molecule has 148 valence electrons. The van der Waals surface area contributed by atoms with Crippen molar-refractivity contribution in [1.82, 2.24) is 29.1 Å². The van der Waals surface area contributed by atoms with Crippen molar-refractivity contribution in [3.8, 4) is 11.4 Å². The van der Waals surface area contributed by atoms with Crippen LogP contribution < -0.4 is 5.56 Å². The van der Waals surface area contributed by atoms with Gasteiger partial charge in [-0.25, -0.2) is 4.98 Å². The number of nitrogens with one attached hydrogen (secondary N) is 1. The molecule has 4 aromatic heterocycles. The molecule has 0 radical (unpaired) electrons. The molecule has 4 heterocycles. The lowest BCUT2D eigenvalue weighted by Gasteiger charge is -2.08. The number of benzene rings is 1. The molecule has 1 aromatic carbocycles. The summed E-state index contributed by atoms with van der Waals surface area (Å²) in [4.78, 5) is 20.3. The number of fused-ring (bicyclic) bond motifs is 2. The van der Waals surface area contributed by atoms with Crippen LogP contribution in [0.3, 0.4) is 0 Å². The summed E-state index contributed by atoms with van der Waals surface area (Å²) in [5.41, 5.74) is 3.49. The Balaban J connectivity index is 1.35. The van der Waals surface area contributed by atoms with E-state index in [9.17, 15) is 4.79 Å². The summed E-state index contributed by atoms with van der Waals surface area (Å²) in [5, 5.41) is 11.0. The van der Waals surface area contributed by atoms with Gasteiger partial charge in [0.15, 0.2) is 11.0 Å². The fraction of sp³-hybridized carbons (Fsp3) is 0.182. The number of hydrogen-bond donors (Lipinski definition) is 1. The van der Waals surface area contributed by atoms with Crippen LogP contribution in [0.25, 0.3) is 27.9 Å². The zero-order chi connectivity index (χ0) is 20.1. The molecule has 30 heavy (non-hydrogen) atoms. The van der Waals surface area contributed by atoms with Crippen molar-refractivity contribution in [1.29, 1.82) is 0 Å². The van der Waals surface area contributed by atoms with E-state index in [1.807, 2.05) is 36.5 Å². The van der Waals surface area contributed by atoms with E-state index in [1.54, 1.807) is 28.4 Å². The van der Waals surface area contributed by atoms with Gasteiger partial charge in [-0.15, -0.1) is 10.2 Å². The fourth-order valence-electron chi connectivity index (χ4n) is 3.79. The van der Waals surface area contributed by atoms with Gasteiger partial charge >= 0.3 is 0 Å². The third-order valence-corrected chi connectivity index (χ3v) is 6.36. The number of H-pyrrole nitrogens is 1. The highest BCUT2D eigenvalue weighted by molar-refractivity contribution is 7.98. The minimum absolute atomic E-state index is 0.0701. The Morgan fingerprint density at radius 2 is 1.97 bits per heavy atom. The maximum atomic E-state index is 12.4. The number of para-hydroxylation sites is 1. The molecule has 1 fully saturated rings.